The molecule has 0 bridgehead atoms. The molecule has 1 aromatic carbocycles. The molecule has 4 rings (SSSR count). The summed E-state index contributed by atoms with van der Waals surface area (Å²) in [5, 5.41) is 3.35. The molecule has 1 aromatic rings. The van der Waals surface area contributed by atoms with Crippen LogP contribution >= 0.6 is 0 Å². The Morgan fingerprint density at radius 2 is 1.73 bits per heavy atom. The minimum Gasteiger partial charge on any atom is -0.339 e. The second-order valence-electron chi connectivity index (χ2n) is 7.49. The Kier molecular flexibility index (Phi) is 5.22. The largest absolute Gasteiger partial charge is 0.339 e. The molecule has 0 radical (unpaired) electrons. The number of piperidine rings is 1. The van der Waals surface area contributed by atoms with Crippen molar-refractivity contribution < 1.29 is 9.59 Å². The van der Waals surface area contributed by atoms with Gasteiger partial charge in [0.25, 0.3) is 0 Å². The Morgan fingerprint density at radius 1 is 0.962 bits per heavy atom. The Hall–Kier alpha value is -1.92. The summed E-state index contributed by atoms with van der Waals surface area (Å²) >= 11 is 0. The summed E-state index contributed by atoms with van der Waals surface area (Å²) in [6.07, 6.45) is 4.12. The van der Waals surface area contributed by atoms with Gasteiger partial charge < -0.3 is 15.1 Å². The molecule has 0 saturated carbocycles. The molecule has 3 aliphatic rings. The maximum absolute atomic E-state index is 12.9. The molecular weight excluding hydrogens is 328 g/mol. The molecule has 3 heterocycles. The first-order valence-corrected chi connectivity index (χ1v) is 9.87. The van der Waals surface area contributed by atoms with Crippen LogP contribution in [-0.2, 0) is 9.59 Å². The van der Waals surface area contributed by atoms with Crippen molar-refractivity contribution in [1.29, 1.82) is 0 Å². The lowest BCUT2D eigenvalue weighted by Gasteiger charge is -2.39. The Labute approximate surface area is 155 Å². The van der Waals surface area contributed by atoms with E-state index >= 15 is 0 Å². The van der Waals surface area contributed by atoms with Crippen molar-refractivity contribution in [2.75, 3.05) is 44.2 Å². The van der Waals surface area contributed by atoms with Gasteiger partial charge >= 0.3 is 0 Å². The van der Waals surface area contributed by atoms with Crippen LogP contribution in [0, 0.1) is 0 Å². The van der Waals surface area contributed by atoms with Gasteiger partial charge in [-0.15, -0.1) is 0 Å². The third kappa shape index (κ3) is 3.48. The highest BCUT2D eigenvalue weighted by Crippen LogP contribution is 2.25. The van der Waals surface area contributed by atoms with Gasteiger partial charge in [0.15, 0.2) is 0 Å². The van der Waals surface area contributed by atoms with Gasteiger partial charge in [0.2, 0.25) is 11.8 Å². The van der Waals surface area contributed by atoms with Crippen molar-refractivity contribution in [3.05, 3.63) is 30.3 Å². The van der Waals surface area contributed by atoms with E-state index in [1.807, 2.05) is 40.1 Å². The van der Waals surface area contributed by atoms with Crippen LogP contribution in [0.15, 0.2) is 30.3 Å². The van der Waals surface area contributed by atoms with Gasteiger partial charge in [0.05, 0.1) is 12.1 Å². The highest BCUT2D eigenvalue weighted by molar-refractivity contribution is 5.99. The number of para-hydroxylation sites is 1. The van der Waals surface area contributed by atoms with Crippen LogP contribution < -0.4 is 10.2 Å². The summed E-state index contributed by atoms with van der Waals surface area (Å²) in [5.41, 5.74) is 0.984. The second-order valence-corrected chi connectivity index (χ2v) is 7.49. The maximum atomic E-state index is 12.9. The summed E-state index contributed by atoms with van der Waals surface area (Å²) in [7, 11) is 0. The number of carbonyl (C=O) groups excluding carboxylic acids is 2. The van der Waals surface area contributed by atoms with E-state index in [4.69, 9.17) is 0 Å². The second kappa shape index (κ2) is 7.76. The number of benzene rings is 1. The summed E-state index contributed by atoms with van der Waals surface area (Å²) in [5.74, 6) is 0.443. The molecule has 6 nitrogen and oxygen atoms in total. The van der Waals surface area contributed by atoms with Gasteiger partial charge in [0, 0.05) is 38.4 Å². The fourth-order valence-electron chi connectivity index (χ4n) is 4.40. The topological polar surface area (TPSA) is 55.9 Å². The number of carbonyl (C=O) groups is 2. The van der Waals surface area contributed by atoms with E-state index in [1.165, 1.54) is 6.42 Å². The maximum Gasteiger partial charge on any atom is 0.244 e. The van der Waals surface area contributed by atoms with Crippen LogP contribution in [0.5, 0.6) is 0 Å². The molecule has 26 heavy (non-hydrogen) atoms. The Bertz CT molecular complexity index is 636. The Balaban J connectivity index is 1.32. The predicted molar refractivity (Wildman–Crippen MR) is 101 cm³/mol. The molecule has 3 saturated heterocycles. The molecule has 0 aromatic heterocycles. The smallest absolute Gasteiger partial charge is 0.244 e. The van der Waals surface area contributed by atoms with Gasteiger partial charge in [-0.1, -0.05) is 24.6 Å². The molecule has 3 aliphatic heterocycles. The van der Waals surface area contributed by atoms with Crippen molar-refractivity contribution in [3.8, 4) is 0 Å². The normalized spacial score (nSPS) is 27.8. The number of amides is 2. The zero-order valence-electron chi connectivity index (χ0n) is 15.3. The average Bonchev–Trinajstić information content (AvgIpc) is 3.10. The van der Waals surface area contributed by atoms with Gasteiger partial charge in [0.1, 0.15) is 0 Å². The third-order valence-electron chi connectivity index (χ3n) is 5.92. The minimum atomic E-state index is -0.0414. The first kappa shape index (κ1) is 17.5. The molecule has 2 atom stereocenters. The van der Waals surface area contributed by atoms with Gasteiger partial charge in [-0.05, 0) is 37.9 Å². The fourth-order valence-corrected chi connectivity index (χ4v) is 4.40. The molecule has 3 fully saturated rings. The number of hydrogen-bond donors (Lipinski definition) is 1. The molecule has 0 spiro atoms. The van der Waals surface area contributed by atoms with Crippen molar-refractivity contribution >= 4 is 17.5 Å². The first-order chi connectivity index (χ1) is 12.7. The number of hydrogen-bond acceptors (Lipinski definition) is 4. The number of anilines is 1. The average molecular weight is 356 g/mol. The molecule has 0 aliphatic carbocycles. The Morgan fingerprint density at radius 3 is 2.42 bits per heavy atom. The number of piperazine rings is 1. The zero-order valence-corrected chi connectivity index (χ0v) is 15.3. The van der Waals surface area contributed by atoms with Gasteiger partial charge in [-0.25, -0.2) is 0 Å². The quantitative estimate of drug-likeness (QED) is 0.881. The van der Waals surface area contributed by atoms with Crippen molar-refractivity contribution in [3.63, 3.8) is 0 Å². The standard InChI is InChI=1S/C20H28N4O2/c25-19(17-8-4-5-10-21-17)23-14-12-22(13-15-23)18-9-11-24(20(18)26)16-6-2-1-3-7-16/h1-3,6-7,17-18,21H,4-5,8-15H2. The highest BCUT2D eigenvalue weighted by atomic mass is 16.2. The van der Waals surface area contributed by atoms with E-state index in [2.05, 4.69) is 10.2 Å². The van der Waals surface area contributed by atoms with Crippen molar-refractivity contribution in [2.24, 2.45) is 0 Å². The van der Waals surface area contributed by atoms with E-state index in [0.29, 0.717) is 0 Å². The van der Waals surface area contributed by atoms with Gasteiger partial charge in [-0.2, -0.15) is 0 Å². The van der Waals surface area contributed by atoms with E-state index in [9.17, 15) is 9.59 Å². The van der Waals surface area contributed by atoms with Gasteiger partial charge in [-0.3, -0.25) is 14.5 Å². The molecule has 1 N–H and O–H groups in total. The van der Waals surface area contributed by atoms with E-state index in [0.717, 1.165) is 64.2 Å². The summed E-state index contributed by atoms with van der Waals surface area (Å²) in [6, 6.07) is 9.86. The molecule has 2 unspecified atom stereocenters. The van der Waals surface area contributed by atoms with E-state index < -0.39 is 0 Å². The van der Waals surface area contributed by atoms with Crippen LogP contribution in [0.1, 0.15) is 25.7 Å². The summed E-state index contributed by atoms with van der Waals surface area (Å²) in [4.78, 5) is 31.7. The zero-order chi connectivity index (χ0) is 17.9. The third-order valence-corrected chi connectivity index (χ3v) is 5.92. The lowest BCUT2D eigenvalue weighted by Crippen LogP contribution is -2.57. The van der Waals surface area contributed by atoms with Crippen LogP contribution in [-0.4, -0.2) is 73.0 Å². The number of rotatable bonds is 3. The number of nitrogens with zero attached hydrogens (tertiary/aromatic N) is 3. The van der Waals surface area contributed by atoms with Crippen LogP contribution in [0.2, 0.25) is 0 Å². The summed E-state index contributed by atoms with van der Waals surface area (Å²) in [6.45, 7) is 4.76. The van der Waals surface area contributed by atoms with E-state index in [-0.39, 0.29) is 23.9 Å². The summed E-state index contributed by atoms with van der Waals surface area (Å²) < 4.78 is 0. The lowest BCUT2D eigenvalue weighted by atomic mass is 10.0. The first-order valence-electron chi connectivity index (χ1n) is 9.87. The fraction of sp³-hybridized carbons (Fsp3) is 0.600. The highest BCUT2D eigenvalue weighted by Gasteiger charge is 2.38. The van der Waals surface area contributed by atoms with Crippen molar-refractivity contribution in [2.45, 2.75) is 37.8 Å². The minimum absolute atomic E-state index is 0.00279. The lowest BCUT2D eigenvalue weighted by molar-refractivity contribution is -0.136. The van der Waals surface area contributed by atoms with Crippen LogP contribution in [0.4, 0.5) is 5.69 Å². The van der Waals surface area contributed by atoms with Crippen molar-refractivity contribution in [1.82, 2.24) is 15.1 Å². The molecular formula is C20H28N4O2. The predicted octanol–water partition coefficient (Wildman–Crippen LogP) is 1.08. The van der Waals surface area contributed by atoms with E-state index in [1.54, 1.807) is 0 Å². The molecule has 140 valence electrons. The van der Waals surface area contributed by atoms with Crippen LogP contribution in [0.25, 0.3) is 0 Å². The SMILES string of the molecule is O=C(C1CCCCN1)N1CCN(C2CCN(c3ccccc3)C2=O)CC1. The van der Waals surface area contributed by atoms with Crippen LogP contribution in [0.3, 0.4) is 0 Å². The molecule has 6 heteroatoms. The monoisotopic (exact) mass is 356 g/mol. The molecule has 2 amide bonds. The number of nitrogens with one attached hydrogen (secondary N) is 1.